The van der Waals surface area contributed by atoms with Crippen molar-refractivity contribution in [2.45, 2.75) is 27.0 Å². The van der Waals surface area contributed by atoms with Crippen molar-refractivity contribution in [2.24, 2.45) is 0 Å². The molecule has 106 valence electrons. The molecule has 2 rings (SSSR count). The summed E-state index contributed by atoms with van der Waals surface area (Å²) in [6.45, 7) is 6.60. The first-order valence-corrected chi connectivity index (χ1v) is 7.66. The summed E-state index contributed by atoms with van der Waals surface area (Å²) in [6, 6.07) is 14.5. The second-order valence-electron chi connectivity index (χ2n) is 4.81. The van der Waals surface area contributed by atoms with Crippen LogP contribution in [0.25, 0.3) is 0 Å². The van der Waals surface area contributed by atoms with Crippen molar-refractivity contribution in [3.8, 4) is 5.75 Å². The third-order valence-electron chi connectivity index (χ3n) is 3.07. The number of hydrogen-bond acceptors (Lipinski definition) is 2. The van der Waals surface area contributed by atoms with Gasteiger partial charge in [0.05, 0.1) is 0 Å². The summed E-state index contributed by atoms with van der Waals surface area (Å²) in [6.07, 6.45) is 0. The number of halogens is 1. The van der Waals surface area contributed by atoms with Gasteiger partial charge >= 0.3 is 0 Å². The number of benzene rings is 2. The molecule has 0 aliphatic heterocycles. The van der Waals surface area contributed by atoms with E-state index in [1.165, 1.54) is 16.7 Å². The number of ether oxygens (including phenoxy) is 1. The Kier molecular flexibility index (Phi) is 5.62. The molecule has 0 radical (unpaired) electrons. The van der Waals surface area contributed by atoms with E-state index in [2.05, 4.69) is 65.4 Å². The van der Waals surface area contributed by atoms with Crippen molar-refractivity contribution in [2.75, 3.05) is 6.54 Å². The molecule has 1 N–H and O–H groups in total. The fourth-order valence-corrected chi connectivity index (χ4v) is 2.39. The van der Waals surface area contributed by atoms with E-state index in [-0.39, 0.29) is 0 Å². The van der Waals surface area contributed by atoms with Crippen LogP contribution in [0.3, 0.4) is 0 Å². The molecule has 2 aromatic carbocycles. The van der Waals surface area contributed by atoms with Gasteiger partial charge in [0.2, 0.25) is 0 Å². The van der Waals surface area contributed by atoms with Crippen molar-refractivity contribution in [1.82, 2.24) is 5.32 Å². The molecular formula is C17H20BrNO. The lowest BCUT2D eigenvalue weighted by Gasteiger charge is -2.10. The molecule has 0 bridgehead atoms. The Hall–Kier alpha value is -1.32. The van der Waals surface area contributed by atoms with Crippen LogP contribution in [-0.4, -0.2) is 6.54 Å². The van der Waals surface area contributed by atoms with Crippen LogP contribution in [0.1, 0.15) is 23.6 Å². The quantitative estimate of drug-likeness (QED) is 0.843. The summed E-state index contributed by atoms with van der Waals surface area (Å²) in [4.78, 5) is 0. The monoisotopic (exact) mass is 333 g/mol. The second-order valence-corrected chi connectivity index (χ2v) is 5.67. The maximum absolute atomic E-state index is 5.87. The van der Waals surface area contributed by atoms with E-state index in [0.29, 0.717) is 6.61 Å². The van der Waals surface area contributed by atoms with Gasteiger partial charge < -0.3 is 10.1 Å². The lowest BCUT2D eigenvalue weighted by molar-refractivity contribution is 0.305. The van der Waals surface area contributed by atoms with Gasteiger partial charge in [-0.1, -0.05) is 52.7 Å². The lowest BCUT2D eigenvalue weighted by Crippen LogP contribution is -2.12. The smallest absolute Gasteiger partial charge is 0.120 e. The van der Waals surface area contributed by atoms with Gasteiger partial charge in [-0.15, -0.1) is 0 Å². The molecule has 0 amide bonds. The van der Waals surface area contributed by atoms with Crippen LogP contribution >= 0.6 is 15.9 Å². The minimum Gasteiger partial charge on any atom is -0.489 e. The number of rotatable bonds is 6. The zero-order valence-corrected chi connectivity index (χ0v) is 13.5. The molecule has 0 aliphatic rings. The molecule has 0 spiro atoms. The summed E-state index contributed by atoms with van der Waals surface area (Å²) < 4.78 is 6.99. The normalized spacial score (nSPS) is 10.6. The summed E-state index contributed by atoms with van der Waals surface area (Å²) in [5.74, 6) is 0.905. The van der Waals surface area contributed by atoms with Crippen molar-refractivity contribution in [1.29, 1.82) is 0 Å². The van der Waals surface area contributed by atoms with E-state index in [1.54, 1.807) is 0 Å². The van der Waals surface area contributed by atoms with Crippen LogP contribution < -0.4 is 10.1 Å². The fourth-order valence-electron chi connectivity index (χ4n) is 2.00. The molecule has 0 saturated carbocycles. The van der Waals surface area contributed by atoms with Crippen LogP contribution in [0.4, 0.5) is 0 Å². The molecule has 0 aromatic heterocycles. The predicted molar refractivity (Wildman–Crippen MR) is 87.0 cm³/mol. The van der Waals surface area contributed by atoms with Gasteiger partial charge in [0.25, 0.3) is 0 Å². The molecule has 3 heteroatoms. The highest BCUT2D eigenvalue weighted by atomic mass is 79.9. The average molecular weight is 334 g/mol. The highest BCUT2D eigenvalue weighted by molar-refractivity contribution is 9.10. The molecule has 0 fully saturated rings. The summed E-state index contributed by atoms with van der Waals surface area (Å²) >= 11 is 3.57. The molecule has 2 nitrogen and oxygen atoms in total. The number of aryl methyl sites for hydroxylation is 1. The van der Waals surface area contributed by atoms with Gasteiger partial charge in [-0.2, -0.15) is 0 Å². The Morgan fingerprint density at radius 3 is 2.75 bits per heavy atom. The van der Waals surface area contributed by atoms with Crippen molar-refractivity contribution >= 4 is 15.9 Å². The molecule has 20 heavy (non-hydrogen) atoms. The van der Waals surface area contributed by atoms with Crippen LogP contribution in [0.5, 0.6) is 5.75 Å². The SMILES string of the molecule is CCNCc1cc(OCc2cccc(C)c2)ccc1Br. The van der Waals surface area contributed by atoms with Crippen LogP contribution in [0.15, 0.2) is 46.9 Å². The van der Waals surface area contributed by atoms with Crippen molar-refractivity contribution in [3.05, 3.63) is 63.6 Å². The first kappa shape index (κ1) is 15.1. The van der Waals surface area contributed by atoms with Gasteiger partial charge in [0, 0.05) is 11.0 Å². The highest BCUT2D eigenvalue weighted by Gasteiger charge is 2.03. The topological polar surface area (TPSA) is 21.3 Å². The zero-order chi connectivity index (χ0) is 14.4. The van der Waals surface area contributed by atoms with E-state index >= 15 is 0 Å². The average Bonchev–Trinajstić information content (AvgIpc) is 2.45. The van der Waals surface area contributed by atoms with E-state index in [9.17, 15) is 0 Å². The fraction of sp³-hybridized carbons (Fsp3) is 0.294. The van der Waals surface area contributed by atoms with E-state index in [4.69, 9.17) is 4.74 Å². The minimum atomic E-state index is 0.601. The van der Waals surface area contributed by atoms with E-state index in [1.807, 2.05) is 12.1 Å². The molecule has 2 aromatic rings. The van der Waals surface area contributed by atoms with Gasteiger partial charge in [-0.3, -0.25) is 0 Å². The Labute approximate surface area is 129 Å². The molecule has 0 unspecified atom stereocenters. The largest absolute Gasteiger partial charge is 0.489 e. The van der Waals surface area contributed by atoms with Crippen LogP contribution in [0, 0.1) is 6.92 Å². The summed E-state index contributed by atoms with van der Waals surface area (Å²) in [5.41, 5.74) is 3.67. The summed E-state index contributed by atoms with van der Waals surface area (Å²) in [7, 11) is 0. The van der Waals surface area contributed by atoms with Gasteiger partial charge in [0.1, 0.15) is 12.4 Å². The Bertz CT molecular complexity index is 569. The van der Waals surface area contributed by atoms with Crippen LogP contribution in [0.2, 0.25) is 0 Å². The maximum Gasteiger partial charge on any atom is 0.120 e. The highest BCUT2D eigenvalue weighted by Crippen LogP contribution is 2.23. The standard InChI is InChI=1S/C17H20BrNO/c1-3-19-11-15-10-16(7-8-17(15)18)20-12-14-6-4-5-13(2)9-14/h4-10,19H,3,11-12H2,1-2H3. The molecule has 0 atom stereocenters. The van der Waals surface area contributed by atoms with Crippen molar-refractivity contribution < 1.29 is 4.74 Å². The second kappa shape index (κ2) is 7.46. The third-order valence-corrected chi connectivity index (χ3v) is 3.84. The predicted octanol–water partition coefficient (Wildman–Crippen LogP) is 4.45. The first-order chi connectivity index (χ1) is 9.69. The summed E-state index contributed by atoms with van der Waals surface area (Å²) in [5, 5.41) is 3.33. The number of nitrogens with one attached hydrogen (secondary N) is 1. The Morgan fingerprint density at radius 2 is 2.00 bits per heavy atom. The van der Waals surface area contributed by atoms with Gasteiger partial charge in [-0.25, -0.2) is 0 Å². The molecular weight excluding hydrogens is 314 g/mol. The van der Waals surface area contributed by atoms with E-state index in [0.717, 1.165) is 23.3 Å². The molecule has 0 aliphatic carbocycles. The van der Waals surface area contributed by atoms with Gasteiger partial charge in [-0.05, 0) is 42.8 Å². The van der Waals surface area contributed by atoms with E-state index < -0.39 is 0 Å². The van der Waals surface area contributed by atoms with Crippen LogP contribution in [-0.2, 0) is 13.2 Å². The molecule has 0 saturated heterocycles. The number of hydrogen-bond donors (Lipinski definition) is 1. The minimum absolute atomic E-state index is 0.601. The maximum atomic E-state index is 5.87. The van der Waals surface area contributed by atoms with Crippen molar-refractivity contribution in [3.63, 3.8) is 0 Å². The van der Waals surface area contributed by atoms with Gasteiger partial charge in [0.15, 0.2) is 0 Å². The first-order valence-electron chi connectivity index (χ1n) is 6.86. The zero-order valence-electron chi connectivity index (χ0n) is 11.9. The lowest BCUT2D eigenvalue weighted by atomic mass is 10.1. The Balaban J connectivity index is 2.02. The Morgan fingerprint density at radius 1 is 1.15 bits per heavy atom. The third kappa shape index (κ3) is 4.36. The molecule has 0 heterocycles.